The summed E-state index contributed by atoms with van der Waals surface area (Å²) in [6, 6.07) is 7.14. The van der Waals surface area contributed by atoms with Gasteiger partial charge in [-0.1, -0.05) is 26.0 Å². The minimum absolute atomic E-state index is 0.0821. The first-order valence-electron chi connectivity index (χ1n) is 11.2. The summed E-state index contributed by atoms with van der Waals surface area (Å²) in [7, 11) is 1.60. The van der Waals surface area contributed by atoms with Crippen LogP contribution in [0.2, 0.25) is 0 Å². The Morgan fingerprint density at radius 2 is 1.97 bits per heavy atom. The number of hydrogen-bond donors (Lipinski definition) is 3. The van der Waals surface area contributed by atoms with E-state index in [1.807, 2.05) is 38.1 Å². The van der Waals surface area contributed by atoms with Gasteiger partial charge in [-0.05, 0) is 30.0 Å². The first-order chi connectivity index (χ1) is 15.4. The lowest BCUT2D eigenvalue weighted by Gasteiger charge is -2.32. The Kier molecular flexibility index (Phi) is 7.34. The number of nitrogens with one attached hydrogen (secondary N) is 1. The number of aliphatic hydroxyl groups excluding tert-OH is 2. The lowest BCUT2D eigenvalue weighted by molar-refractivity contribution is -0.213. The molecule has 9 heteroatoms. The molecule has 3 fully saturated rings. The van der Waals surface area contributed by atoms with Crippen molar-refractivity contribution in [3.63, 3.8) is 0 Å². The van der Waals surface area contributed by atoms with Gasteiger partial charge in [0.05, 0.1) is 25.9 Å². The van der Waals surface area contributed by atoms with Gasteiger partial charge in [0.25, 0.3) is 0 Å². The van der Waals surface area contributed by atoms with Crippen LogP contribution in [0.15, 0.2) is 24.3 Å². The molecule has 3 N–H and O–H groups in total. The molecule has 1 aromatic carbocycles. The molecule has 0 unspecified atom stereocenters. The molecule has 178 valence electrons. The summed E-state index contributed by atoms with van der Waals surface area (Å²) >= 11 is 0. The molecule has 32 heavy (non-hydrogen) atoms. The Morgan fingerprint density at radius 1 is 1.22 bits per heavy atom. The van der Waals surface area contributed by atoms with E-state index in [4.69, 9.17) is 23.7 Å². The number of aliphatic hydroxyl groups is 2. The number of carbonyl (C=O) groups is 1. The van der Waals surface area contributed by atoms with Crippen LogP contribution in [-0.4, -0.2) is 79.3 Å². The van der Waals surface area contributed by atoms with Gasteiger partial charge >= 0.3 is 5.97 Å². The Labute approximate surface area is 187 Å². The second-order valence-corrected chi connectivity index (χ2v) is 9.05. The number of rotatable bonds is 6. The van der Waals surface area contributed by atoms with Crippen molar-refractivity contribution in [1.29, 1.82) is 0 Å². The molecule has 3 aliphatic rings. The van der Waals surface area contributed by atoms with Gasteiger partial charge in [0.2, 0.25) is 0 Å². The molecule has 0 amide bonds. The van der Waals surface area contributed by atoms with Crippen molar-refractivity contribution in [3.8, 4) is 5.75 Å². The molecule has 0 spiro atoms. The molecular formula is C23H33NO8. The highest BCUT2D eigenvalue weighted by molar-refractivity contribution is 5.69. The van der Waals surface area contributed by atoms with Crippen molar-refractivity contribution >= 4 is 5.97 Å². The van der Waals surface area contributed by atoms with Crippen LogP contribution in [0.3, 0.4) is 0 Å². The summed E-state index contributed by atoms with van der Waals surface area (Å²) in [5.41, 5.74) is 0.884. The maximum atomic E-state index is 12.3. The largest absolute Gasteiger partial charge is 0.497 e. The molecular weight excluding hydrogens is 418 g/mol. The van der Waals surface area contributed by atoms with Crippen molar-refractivity contribution in [3.05, 3.63) is 29.8 Å². The van der Waals surface area contributed by atoms with E-state index in [0.717, 1.165) is 11.3 Å². The van der Waals surface area contributed by atoms with Crippen LogP contribution in [0.5, 0.6) is 5.75 Å². The quantitative estimate of drug-likeness (QED) is 0.543. The van der Waals surface area contributed by atoms with Crippen LogP contribution in [0.4, 0.5) is 0 Å². The molecule has 9 nitrogen and oxygen atoms in total. The number of esters is 1. The Morgan fingerprint density at radius 3 is 2.66 bits per heavy atom. The molecule has 0 radical (unpaired) electrons. The van der Waals surface area contributed by atoms with E-state index >= 15 is 0 Å². The van der Waals surface area contributed by atoms with Crippen LogP contribution < -0.4 is 10.1 Å². The second-order valence-electron chi connectivity index (χ2n) is 9.05. The molecule has 8 atom stereocenters. The highest BCUT2D eigenvalue weighted by Crippen LogP contribution is 2.36. The number of β-amino-alcohol motifs (C(OH)–C–C–N with tert-alkyl or cyclic N) is 1. The molecule has 2 bridgehead atoms. The third-order valence-corrected chi connectivity index (χ3v) is 6.29. The fourth-order valence-electron chi connectivity index (χ4n) is 4.43. The topological polar surface area (TPSA) is 116 Å². The fourth-order valence-corrected chi connectivity index (χ4v) is 4.43. The number of fused-ring (bicyclic) bond motifs is 3. The molecule has 4 rings (SSSR count). The molecule has 0 aromatic heterocycles. The predicted octanol–water partition coefficient (Wildman–Crippen LogP) is 0.918. The number of methoxy groups -OCH3 is 1. The van der Waals surface area contributed by atoms with Gasteiger partial charge in [-0.25, -0.2) is 0 Å². The first kappa shape index (κ1) is 23.4. The lowest BCUT2D eigenvalue weighted by atomic mass is 9.97. The molecule has 3 aliphatic heterocycles. The molecule has 3 heterocycles. The number of hydrogen-bond acceptors (Lipinski definition) is 9. The summed E-state index contributed by atoms with van der Waals surface area (Å²) in [5.74, 6) is 0.682. The van der Waals surface area contributed by atoms with Crippen LogP contribution in [-0.2, 0) is 23.7 Å². The van der Waals surface area contributed by atoms with Gasteiger partial charge in [-0.3, -0.25) is 4.79 Å². The summed E-state index contributed by atoms with van der Waals surface area (Å²) in [4.78, 5) is 12.3. The predicted molar refractivity (Wildman–Crippen MR) is 113 cm³/mol. The highest BCUT2D eigenvalue weighted by Gasteiger charge is 2.53. The molecule has 1 aromatic rings. The average Bonchev–Trinajstić information content (AvgIpc) is 3.30. The van der Waals surface area contributed by atoms with E-state index in [1.54, 1.807) is 7.11 Å². The Hall–Kier alpha value is -1.75. The molecule has 0 saturated carbocycles. The van der Waals surface area contributed by atoms with E-state index in [9.17, 15) is 15.0 Å². The molecule has 0 aliphatic carbocycles. The third-order valence-electron chi connectivity index (χ3n) is 6.29. The van der Waals surface area contributed by atoms with Crippen LogP contribution >= 0.6 is 0 Å². The lowest BCUT2D eigenvalue weighted by Crippen LogP contribution is -2.47. The van der Waals surface area contributed by atoms with E-state index < -0.39 is 48.9 Å². The monoisotopic (exact) mass is 451 g/mol. The maximum absolute atomic E-state index is 12.3. The Balaban J connectivity index is 1.53. The number of ether oxygens (including phenoxy) is 5. The summed E-state index contributed by atoms with van der Waals surface area (Å²) < 4.78 is 29.0. The van der Waals surface area contributed by atoms with E-state index in [2.05, 4.69) is 5.32 Å². The average molecular weight is 452 g/mol. The van der Waals surface area contributed by atoms with Gasteiger partial charge < -0.3 is 39.2 Å². The SMILES string of the molecule is COc1ccc([C@@H]2OC[C@H]3O[C@@H](O[C@H]4[C@@H]2NC[C@@H]4O)[C@H](OC(=O)CCC(C)C)[C@@H]3O)cc1. The van der Waals surface area contributed by atoms with E-state index in [1.165, 1.54) is 0 Å². The van der Waals surface area contributed by atoms with E-state index in [-0.39, 0.29) is 19.1 Å². The normalized spacial score (nSPS) is 36.8. The minimum Gasteiger partial charge on any atom is -0.497 e. The van der Waals surface area contributed by atoms with Gasteiger partial charge in [0.15, 0.2) is 12.4 Å². The zero-order valence-electron chi connectivity index (χ0n) is 18.7. The van der Waals surface area contributed by atoms with Gasteiger partial charge in [-0.2, -0.15) is 0 Å². The van der Waals surface area contributed by atoms with E-state index in [0.29, 0.717) is 18.9 Å². The second kappa shape index (κ2) is 10.0. The first-order valence-corrected chi connectivity index (χ1v) is 11.2. The van der Waals surface area contributed by atoms with Crippen molar-refractivity contribution < 1.29 is 38.7 Å². The van der Waals surface area contributed by atoms with Gasteiger partial charge in [0.1, 0.15) is 30.2 Å². The van der Waals surface area contributed by atoms with Gasteiger partial charge in [-0.15, -0.1) is 0 Å². The van der Waals surface area contributed by atoms with Crippen molar-refractivity contribution in [2.24, 2.45) is 5.92 Å². The van der Waals surface area contributed by atoms with Crippen LogP contribution in [0.25, 0.3) is 0 Å². The zero-order valence-corrected chi connectivity index (χ0v) is 18.7. The standard InChI is InChI=1S/C23H33NO8/c1-12(2)4-9-17(26)31-22-19(27)16-11-29-20(13-5-7-14(28-3)8-6-13)18-21(15(25)10-24-18)32-23(22)30-16/h5-8,12,15-16,18-25,27H,4,9-11H2,1-3H3/t15-,16+,18+,19+,20-,21+,22+,23-/m0/s1. The highest BCUT2D eigenvalue weighted by atomic mass is 16.7. The fraction of sp³-hybridized carbons (Fsp3) is 0.696. The van der Waals surface area contributed by atoms with Crippen LogP contribution in [0.1, 0.15) is 38.4 Å². The van der Waals surface area contributed by atoms with Gasteiger partial charge in [0, 0.05) is 13.0 Å². The van der Waals surface area contributed by atoms with Crippen molar-refractivity contribution in [2.75, 3.05) is 20.3 Å². The van der Waals surface area contributed by atoms with Crippen LogP contribution in [0, 0.1) is 5.92 Å². The summed E-state index contributed by atoms with van der Waals surface area (Å²) in [6.07, 6.45) is -4.75. The summed E-state index contributed by atoms with van der Waals surface area (Å²) in [6.45, 7) is 4.46. The molecule has 3 saturated heterocycles. The Bertz CT molecular complexity index is 772. The summed E-state index contributed by atoms with van der Waals surface area (Å²) in [5, 5.41) is 24.7. The van der Waals surface area contributed by atoms with Crippen molar-refractivity contribution in [1.82, 2.24) is 5.32 Å². The number of carbonyl (C=O) groups excluding carboxylic acids is 1. The third kappa shape index (κ3) is 4.93. The maximum Gasteiger partial charge on any atom is 0.306 e. The zero-order chi connectivity index (χ0) is 22.8. The van der Waals surface area contributed by atoms with Crippen molar-refractivity contribution in [2.45, 2.75) is 75.6 Å². The minimum atomic E-state index is -1.09. The smallest absolute Gasteiger partial charge is 0.306 e. The number of benzene rings is 1.